The van der Waals surface area contributed by atoms with Crippen molar-refractivity contribution in [2.24, 2.45) is 0 Å². The number of rotatable bonds is 5. The summed E-state index contributed by atoms with van der Waals surface area (Å²) in [6, 6.07) is 11.9. The molecule has 1 aliphatic rings. The number of nitro benzene ring substituents is 1. The Hall–Kier alpha value is -3.13. The van der Waals surface area contributed by atoms with E-state index < -0.39 is 10.8 Å². The maximum Gasteiger partial charge on any atom is 0.311 e. The van der Waals surface area contributed by atoms with Crippen LogP contribution in [0.25, 0.3) is 6.08 Å². The van der Waals surface area contributed by atoms with E-state index in [0.29, 0.717) is 5.56 Å². The van der Waals surface area contributed by atoms with Crippen molar-refractivity contribution in [3.63, 3.8) is 0 Å². The third kappa shape index (κ3) is 4.01. The van der Waals surface area contributed by atoms with Gasteiger partial charge in [-0.05, 0) is 42.0 Å². The van der Waals surface area contributed by atoms with E-state index in [9.17, 15) is 19.7 Å². The molecule has 0 aromatic heterocycles. The van der Waals surface area contributed by atoms with Crippen molar-refractivity contribution in [1.29, 1.82) is 0 Å². The van der Waals surface area contributed by atoms with Crippen molar-refractivity contribution >= 4 is 34.7 Å². The van der Waals surface area contributed by atoms with Gasteiger partial charge in [0.05, 0.1) is 23.5 Å². The standard InChI is InChI=1S/C19H16N2O5S/c1-12-3-5-13(6-4-12)11-20-18(22)17(27-19(20)23)10-14-7-8-16(26-2)15(9-14)21(24)25/h3-10H,11H2,1-2H3/b17-10-. The Morgan fingerprint density at radius 3 is 2.52 bits per heavy atom. The third-order valence-electron chi connectivity index (χ3n) is 4.03. The highest BCUT2D eigenvalue weighted by Gasteiger charge is 2.35. The van der Waals surface area contributed by atoms with Crippen LogP contribution < -0.4 is 4.74 Å². The molecule has 3 rings (SSSR count). The molecule has 1 fully saturated rings. The number of aryl methyl sites for hydroxylation is 1. The lowest BCUT2D eigenvalue weighted by atomic mass is 10.1. The summed E-state index contributed by atoms with van der Waals surface area (Å²) in [5.74, 6) is -0.284. The lowest BCUT2D eigenvalue weighted by Gasteiger charge is -2.12. The number of methoxy groups -OCH3 is 1. The van der Waals surface area contributed by atoms with Crippen LogP contribution in [0.3, 0.4) is 0 Å². The van der Waals surface area contributed by atoms with E-state index in [1.165, 1.54) is 30.2 Å². The summed E-state index contributed by atoms with van der Waals surface area (Å²) in [4.78, 5) is 36.8. The Morgan fingerprint density at radius 1 is 1.19 bits per heavy atom. The number of imide groups is 1. The van der Waals surface area contributed by atoms with Gasteiger partial charge in [0, 0.05) is 6.07 Å². The highest BCUT2D eigenvalue weighted by Crippen LogP contribution is 2.35. The highest BCUT2D eigenvalue weighted by atomic mass is 32.2. The molecule has 2 aromatic rings. The molecule has 1 saturated heterocycles. The zero-order chi connectivity index (χ0) is 19.6. The summed E-state index contributed by atoms with van der Waals surface area (Å²) in [6.07, 6.45) is 1.48. The number of nitrogens with zero attached hydrogens (tertiary/aromatic N) is 2. The molecule has 27 heavy (non-hydrogen) atoms. The van der Waals surface area contributed by atoms with Crippen LogP contribution in [0, 0.1) is 17.0 Å². The van der Waals surface area contributed by atoms with Crippen LogP contribution in [0.1, 0.15) is 16.7 Å². The minimum Gasteiger partial charge on any atom is -0.490 e. The second-order valence-electron chi connectivity index (χ2n) is 5.94. The average molecular weight is 384 g/mol. The van der Waals surface area contributed by atoms with Crippen molar-refractivity contribution in [3.05, 3.63) is 74.2 Å². The van der Waals surface area contributed by atoms with E-state index >= 15 is 0 Å². The first-order valence-corrected chi connectivity index (χ1v) is 8.84. The Morgan fingerprint density at radius 2 is 1.89 bits per heavy atom. The van der Waals surface area contributed by atoms with Crippen molar-refractivity contribution in [2.45, 2.75) is 13.5 Å². The molecule has 0 unspecified atom stereocenters. The first-order valence-electron chi connectivity index (χ1n) is 8.02. The third-order valence-corrected chi connectivity index (χ3v) is 4.94. The molecule has 7 nitrogen and oxygen atoms in total. The number of carbonyl (C=O) groups is 2. The Labute approximate surface area is 159 Å². The van der Waals surface area contributed by atoms with Gasteiger partial charge in [0.2, 0.25) is 0 Å². The molecular formula is C19H16N2O5S. The van der Waals surface area contributed by atoms with Gasteiger partial charge in [0.1, 0.15) is 0 Å². The Bertz CT molecular complexity index is 953. The minimum atomic E-state index is -0.556. The molecule has 0 aliphatic carbocycles. The lowest BCUT2D eigenvalue weighted by molar-refractivity contribution is -0.385. The molecule has 0 spiro atoms. The fourth-order valence-corrected chi connectivity index (χ4v) is 3.44. The second-order valence-corrected chi connectivity index (χ2v) is 6.94. The topological polar surface area (TPSA) is 89.8 Å². The molecule has 8 heteroatoms. The van der Waals surface area contributed by atoms with Gasteiger partial charge in [-0.1, -0.05) is 35.9 Å². The lowest BCUT2D eigenvalue weighted by Crippen LogP contribution is -2.27. The number of benzene rings is 2. The number of amides is 2. The van der Waals surface area contributed by atoms with Gasteiger partial charge in [0.25, 0.3) is 11.1 Å². The number of ether oxygens (including phenoxy) is 1. The number of carbonyl (C=O) groups excluding carboxylic acids is 2. The summed E-state index contributed by atoms with van der Waals surface area (Å²) in [5, 5.41) is 10.8. The van der Waals surface area contributed by atoms with E-state index in [2.05, 4.69) is 0 Å². The van der Waals surface area contributed by atoms with Gasteiger partial charge in [-0.15, -0.1) is 0 Å². The number of hydrogen-bond acceptors (Lipinski definition) is 6. The Kier molecular flexibility index (Phi) is 5.27. The van der Waals surface area contributed by atoms with Gasteiger partial charge in [-0.25, -0.2) is 0 Å². The molecular weight excluding hydrogens is 368 g/mol. The van der Waals surface area contributed by atoms with Gasteiger partial charge < -0.3 is 4.74 Å². The van der Waals surface area contributed by atoms with Gasteiger partial charge in [-0.2, -0.15) is 0 Å². The molecule has 1 aliphatic heterocycles. The summed E-state index contributed by atoms with van der Waals surface area (Å²) in [7, 11) is 1.35. The van der Waals surface area contributed by atoms with E-state index in [4.69, 9.17) is 4.74 Å². The zero-order valence-corrected chi connectivity index (χ0v) is 15.5. The molecule has 1 heterocycles. The van der Waals surface area contributed by atoms with Gasteiger partial charge in [0.15, 0.2) is 5.75 Å². The first-order chi connectivity index (χ1) is 12.9. The maximum absolute atomic E-state index is 12.6. The normalized spacial score (nSPS) is 15.5. The van der Waals surface area contributed by atoms with E-state index in [-0.39, 0.29) is 28.1 Å². The van der Waals surface area contributed by atoms with Gasteiger partial charge in [-0.3, -0.25) is 24.6 Å². The predicted octanol–water partition coefficient (Wildman–Crippen LogP) is 4.15. The van der Waals surface area contributed by atoms with E-state index in [1.807, 2.05) is 31.2 Å². The smallest absolute Gasteiger partial charge is 0.311 e. The van der Waals surface area contributed by atoms with Crippen LogP contribution in [0.4, 0.5) is 10.5 Å². The van der Waals surface area contributed by atoms with Crippen molar-refractivity contribution in [2.75, 3.05) is 7.11 Å². The van der Waals surface area contributed by atoms with Crippen LogP contribution in [0.15, 0.2) is 47.4 Å². The van der Waals surface area contributed by atoms with Crippen LogP contribution in [0.5, 0.6) is 5.75 Å². The molecule has 0 radical (unpaired) electrons. The molecule has 0 atom stereocenters. The summed E-state index contributed by atoms with van der Waals surface area (Å²) >= 11 is 0.821. The van der Waals surface area contributed by atoms with Crippen LogP contribution in [-0.4, -0.2) is 28.1 Å². The number of hydrogen-bond donors (Lipinski definition) is 0. The van der Waals surface area contributed by atoms with Gasteiger partial charge >= 0.3 is 5.69 Å². The Balaban J connectivity index is 1.84. The molecule has 0 N–H and O–H groups in total. The monoisotopic (exact) mass is 384 g/mol. The molecule has 138 valence electrons. The first kappa shape index (κ1) is 18.7. The average Bonchev–Trinajstić information content (AvgIpc) is 2.90. The fraction of sp³-hybridized carbons (Fsp3) is 0.158. The predicted molar refractivity (Wildman–Crippen MR) is 102 cm³/mol. The molecule has 0 saturated carbocycles. The van der Waals surface area contributed by atoms with Crippen LogP contribution >= 0.6 is 11.8 Å². The number of nitro groups is 1. The minimum absolute atomic E-state index is 0.129. The quantitative estimate of drug-likeness (QED) is 0.437. The summed E-state index contributed by atoms with van der Waals surface area (Å²) < 4.78 is 4.96. The van der Waals surface area contributed by atoms with Crippen LogP contribution in [-0.2, 0) is 11.3 Å². The fourth-order valence-electron chi connectivity index (χ4n) is 2.60. The SMILES string of the molecule is COc1ccc(/C=C2\SC(=O)N(Cc3ccc(C)cc3)C2=O)cc1[N+](=O)[O-]. The highest BCUT2D eigenvalue weighted by molar-refractivity contribution is 8.18. The van der Waals surface area contributed by atoms with Crippen molar-refractivity contribution in [3.8, 4) is 5.75 Å². The number of thioether (sulfide) groups is 1. The molecule has 2 aromatic carbocycles. The van der Waals surface area contributed by atoms with E-state index in [1.54, 1.807) is 6.07 Å². The van der Waals surface area contributed by atoms with E-state index in [0.717, 1.165) is 22.9 Å². The van der Waals surface area contributed by atoms with Crippen molar-refractivity contribution < 1.29 is 19.2 Å². The summed E-state index contributed by atoms with van der Waals surface area (Å²) in [5.41, 5.74) is 2.19. The largest absolute Gasteiger partial charge is 0.490 e. The zero-order valence-electron chi connectivity index (χ0n) is 14.7. The van der Waals surface area contributed by atoms with Crippen LogP contribution in [0.2, 0.25) is 0 Å². The molecule has 0 bridgehead atoms. The molecule has 2 amide bonds. The second kappa shape index (κ2) is 7.63. The summed E-state index contributed by atoms with van der Waals surface area (Å²) in [6.45, 7) is 2.14. The van der Waals surface area contributed by atoms with Crippen molar-refractivity contribution in [1.82, 2.24) is 4.90 Å². The maximum atomic E-state index is 12.6.